The van der Waals surface area contributed by atoms with Crippen molar-refractivity contribution in [2.45, 2.75) is 18.4 Å². The normalized spacial score (nSPS) is 16.8. The molecule has 11 rings (SSSR count). The predicted molar refractivity (Wildman–Crippen MR) is 240 cm³/mol. The van der Waals surface area contributed by atoms with Crippen LogP contribution in [0.4, 0.5) is 17.1 Å². The molecule has 0 bridgehead atoms. The third-order valence-electron chi connectivity index (χ3n) is 12.1. The molecule has 2 heteroatoms. The van der Waals surface area contributed by atoms with Gasteiger partial charge in [0.05, 0.1) is 11.1 Å². The number of hydrogen-bond donors (Lipinski definition) is 0. The van der Waals surface area contributed by atoms with Crippen LogP contribution in [0.1, 0.15) is 12.5 Å². The van der Waals surface area contributed by atoms with Gasteiger partial charge >= 0.3 is 0 Å². The zero-order chi connectivity index (χ0) is 37.9. The Hall–Kier alpha value is -7.16. The van der Waals surface area contributed by atoms with Gasteiger partial charge < -0.3 is 9.64 Å². The highest BCUT2D eigenvalue weighted by molar-refractivity contribution is 6.13. The highest BCUT2D eigenvalue weighted by Gasteiger charge is 2.43. The molecule has 2 atom stereocenters. The van der Waals surface area contributed by atoms with Gasteiger partial charge in [0.15, 0.2) is 0 Å². The van der Waals surface area contributed by atoms with Crippen molar-refractivity contribution in [2.75, 3.05) is 4.90 Å². The van der Waals surface area contributed by atoms with Crippen LogP contribution in [-0.4, -0.2) is 6.10 Å². The maximum absolute atomic E-state index is 6.54. The lowest BCUT2D eigenvalue weighted by atomic mass is 9.76. The van der Waals surface area contributed by atoms with Gasteiger partial charge in [-0.15, -0.1) is 0 Å². The third-order valence-corrected chi connectivity index (χ3v) is 12.1. The van der Waals surface area contributed by atoms with E-state index >= 15 is 0 Å². The molecule has 270 valence electrons. The Morgan fingerprint density at radius 1 is 0.456 bits per heavy atom. The Morgan fingerprint density at radius 2 is 1.11 bits per heavy atom. The molecule has 2 aliphatic rings. The second-order valence-electron chi connectivity index (χ2n) is 15.5. The highest BCUT2D eigenvalue weighted by Crippen LogP contribution is 2.50. The molecular weight excluding hydrogens is 691 g/mol. The van der Waals surface area contributed by atoms with Crippen molar-refractivity contribution in [3.05, 3.63) is 218 Å². The van der Waals surface area contributed by atoms with E-state index in [9.17, 15) is 0 Å². The summed E-state index contributed by atoms with van der Waals surface area (Å²) in [7, 11) is 0. The molecule has 9 aromatic rings. The molecule has 1 aliphatic carbocycles. The van der Waals surface area contributed by atoms with Gasteiger partial charge in [-0.05, 0) is 122 Å². The zero-order valence-electron chi connectivity index (χ0n) is 31.6. The fourth-order valence-corrected chi connectivity index (χ4v) is 9.07. The number of ether oxygens (including phenoxy) is 1. The van der Waals surface area contributed by atoms with Crippen molar-refractivity contribution in [1.82, 2.24) is 0 Å². The Balaban J connectivity index is 1.12. The molecule has 1 aliphatic heterocycles. The van der Waals surface area contributed by atoms with Gasteiger partial charge in [-0.25, -0.2) is 0 Å². The largest absolute Gasteiger partial charge is 0.485 e. The lowest BCUT2D eigenvalue weighted by Gasteiger charge is -2.30. The van der Waals surface area contributed by atoms with Crippen LogP contribution in [-0.2, 0) is 5.41 Å². The van der Waals surface area contributed by atoms with Crippen molar-refractivity contribution in [2.24, 2.45) is 0 Å². The molecule has 0 amide bonds. The van der Waals surface area contributed by atoms with Crippen molar-refractivity contribution in [3.63, 3.8) is 0 Å². The predicted octanol–water partition coefficient (Wildman–Crippen LogP) is 14.8. The first kappa shape index (κ1) is 33.2. The fourth-order valence-electron chi connectivity index (χ4n) is 9.07. The molecule has 0 saturated carbocycles. The average molecular weight is 730 g/mol. The van der Waals surface area contributed by atoms with Gasteiger partial charge in [-0.3, -0.25) is 0 Å². The maximum Gasteiger partial charge on any atom is 0.130 e. The first-order valence-corrected chi connectivity index (χ1v) is 19.8. The summed E-state index contributed by atoms with van der Waals surface area (Å²) in [5.74, 6) is 0.939. The van der Waals surface area contributed by atoms with Crippen LogP contribution >= 0.6 is 0 Å². The molecule has 1 heterocycles. The maximum atomic E-state index is 6.54. The van der Waals surface area contributed by atoms with Gasteiger partial charge in [0.2, 0.25) is 0 Å². The first-order chi connectivity index (χ1) is 28.1. The van der Waals surface area contributed by atoms with Crippen LogP contribution in [0, 0.1) is 0 Å². The fraction of sp³-hybridized carbons (Fsp3) is 0.0545. The van der Waals surface area contributed by atoms with Gasteiger partial charge in [0.1, 0.15) is 11.9 Å². The number of allylic oxidation sites excluding steroid dienone is 2. The summed E-state index contributed by atoms with van der Waals surface area (Å²) in [4.78, 5) is 2.44. The van der Waals surface area contributed by atoms with Crippen molar-refractivity contribution >= 4 is 49.4 Å². The summed E-state index contributed by atoms with van der Waals surface area (Å²) >= 11 is 0. The van der Waals surface area contributed by atoms with Gasteiger partial charge in [-0.2, -0.15) is 0 Å². The van der Waals surface area contributed by atoms with E-state index in [4.69, 9.17) is 4.74 Å². The summed E-state index contributed by atoms with van der Waals surface area (Å²) in [5.41, 5.74) is 11.3. The Morgan fingerprint density at radius 3 is 1.95 bits per heavy atom. The average Bonchev–Trinajstić information content (AvgIpc) is 3.58. The molecule has 0 spiro atoms. The van der Waals surface area contributed by atoms with Crippen molar-refractivity contribution < 1.29 is 4.74 Å². The van der Waals surface area contributed by atoms with E-state index in [1.165, 1.54) is 60.1 Å². The SMILES string of the molecule is CC12C=CC=CC1Oc1ccc(N(c3ccc(-c4cc5ccccc5c5ccccc45)cc3)c3cc(-c4ccc5ccccc5c4)ccc3-c3ccccc3)cc12. The summed E-state index contributed by atoms with van der Waals surface area (Å²) in [5, 5.41) is 7.52. The van der Waals surface area contributed by atoms with E-state index in [0.717, 1.165) is 33.9 Å². The topological polar surface area (TPSA) is 12.5 Å². The van der Waals surface area contributed by atoms with E-state index in [2.05, 4.69) is 224 Å². The van der Waals surface area contributed by atoms with Gasteiger partial charge in [0, 0.05) is 22.5 Å². The summed E-state index contributed by atoms with van der Waals surface area (Å²) in [6.45, 7) is 2.29. The lowest BCUT2D eigenvalue weighted by molar-refractivity contribution is 0.228. The number of rotatable bonds is 6. The van der Waals surface area contributed by atoms with E-state index < -0.39 is 0 Å². The minimum absolute atomic E-state index is 0.0339. The monoisotopic (exact) mass is 729 g/mol. The highest BCUT2D eigenvalue weighted by atomic mass is 16.5. The van der Waals surface area contributed by atoms with Crippen molar-refractivity contribution in [1.29, 1.82) is 0 Å². The van der Waals surface area contributed by atoms with Gasteiger partial charge in [0.25, 0.3) is 0 Å². The lowest BCUT2D eigenvalue weighted by Crippen LogP contribution is -2.32. The molecule has 9 aromatic carbocycles. The second kappa shape index (κ2) is 13.3. The summed E-state index contributed by atoms with van der Waals surface area (Å²) in [6, 6.07) is 68.7. The van der Waals surface area contributed by atoms with Crippen LogP contribution in [0.3, 0.4) is 0 Å². The number of fused-ring (bicyclic) bond motifs is 7. The Labute approximate surface area is 333 Å². The Kier molecular flexibility index (Phi) is 7.72. The van der Waals surface area contributed by atoms with Crippen molar-refractivity contribution in [3.8, 4) is 39.1 Å². The summed E-state index contributed by atoms with van der Waals surface area (Å²) < 4.78 is 6.54. The molecule has 0 N–H and O–H groups in total. The van der Waals surface area contributed by atoms with Crippen LogP contribution in [0.2, 0.25) is 0 Å². The molecule has 0 fully saturated rings. The smallest absolute Gasteiger partial charge is 0.130 e. The van der Waals surface area contributed by atoms with Crippen LogP contribution in [0.25, 0.3) is 65.7 Å². The number of benzene rings is 9. The van der Waals surface area contributed by atoms with E-state index in [0.29, 0.717) is 0 Å². The van der Waals surface area contributed by atoms with Crippen LogP contribution in [0.5, 0.6) is 5.75 Å². The second-order valence-corrected chi connectivity index (χ2v) is 15.5. The standard InChI is InChI=1S/C55H39NO/c1-55-32-12-11-21-54(55)57-53-31-29-45(36-51(53)55)56(44-27-24-39(25-28-44)50-34-43-17-7-8-18-46(43)48-19-9-10-20-49(48)50)52-35-42(26-30-47(52)38-14-3-2-4-15-38)41-23-22-37-13-5-6-16-40(37)33-41/h2-36,54H,1H3. The van der Waals surface area contributed by atoms with E-state index in [-0.39, 0.29) is 11.5 Å². The summed E-state index contributed by atoms with van der Waals surface area (Å²) in [6.07, 6.45) is 8.67. The molecule has 2 unspecified atom stereocenters. The first-order valence-electron chi connectivity index (χ1n) is 19.8. The molecule has 0 aromatic heterocycles. The molecular formula is C55H39NO. The third kappa shape index (κ3) is 5.56. The zero-order valence-corrected chi connectivity index (χ0v) is 31.6. The molecule has 2 nitrogen and oxygen atoms in total. The number of nitrogens with zero attached hydrogens (tertiary/aromatic N) is 1. The van der Waals surface area contributed by atoms with E-state index in [1.54, 1.807) is 0 Å². The number of hydrogen-bond acceptors (Lipinski definition) is 2. The van der Waals surface area contributed by atoms with Crippen LogP contribution < -0.4 is 9.64 Å². The van der Waals surface area contributed by atoms with Crippen LogP contribution in [0.15, 0.2) is 212 Å². The van der Waals surface area contributed by atoms with E-state index in [1.807, 2.05) is 0 Å². The quantitative estimate of drug-likeness (QED) is 0.158. The molecule has 0 radical (unpaired) electrons. The minimum atomic E-state index is -0.262. The number of anilines is 3. The minimum Gasteiger partial charge on any atom is -0.485 e. The molecule has 0 saturated heterocycles. The Bertz CT molecular complexity index is 3070. The molecule has 57 heavy (non-hydrogen) atoms. The van der Waals surface area contributed by atoms with Gasteiger partial charge in [-0.1, -0.05) is 158 Å².